The van der Waals surface area contributed by atoms with Crippen LogP contribution >= 0.6 is 0 Å². The van der Waals surface area contributed by atoms with E-state index in [9.17, 15) is 10.1 Å². The Morgan fingerprint density at radius 2 is 2.00 bits per heavy atom. The summed E-state index contributed by atoms with van der Waals surface area (Å²) < 4.78 is 0. The fourth-order valence-electron chi connectivity index (χ4n) is 3.96. The molecule has 3 atom stereocenters. The highest BCUT2D eigenvalue weighted by Gasteiger charge is 2.39. The van der Waals surface area contributed by atoms with Crippen LogP contribution in [0.3, 0.4) is 0 Å². The van der Waals surface area contributed by atoms with Gasteiger partial charge in [0.2, 0.25) is 0 Å². The number of hydrogen-bond acceptors (Lipinski definition) is 3. The zero-order chi connectivity index (χ0) is 16.0. The second-order valence-electron chi connectivity index (χ2n) is 6.37. The number of aryl methyl sites for hydroxylation is 1. The van der Waals surface area contributed by atoms with Crippen LogP contribution in [-0.2, 0) is 0 Å². The Hall–Kier alpha value is -2.62. The van der Waals surface area contributed by atoms with E-state index in [1.54, 1.807) is 12.1 Å². The van der Waals surface area contributed by atoms with E-state index >= 15 is 0 Å². The lowest BCUT2D eigenvalue weighted by Gasteiger charge is -2.38. The van der Waals surface area contributed by atoms with Gasteiger partial charge in [0.15, 0.2) is 0 Å². The third-order valence-corrected chi connectivity index (χ3v) is 5.02. The van der Waals surface area contributed by atoms with Crippen molar-refractivity contribution in [3.63, 3.8) is 0 Å². The molecule has 0 unspecified atom stereocenters. The van der Waals surface area contributed by atoms with Crippen molar-refractivity contribution in [2.45, 2.75) is 25.3 Å². The number of nitrogens with one attached hydrogen (secondary N) is 1. The van der Waals surface area contributed by atoms with Gasteiger partial charge in [0.1, 0.15) is 0 Å². The molecule has 23 heavy (non-hydrogen) atoms. The van der Waals surface area contributed by atoms with Crippen LogP contribution in [0, 0.1) is 23.0 Å². The van der Waals surface area contributed by atoms with Crippen LogP contribution in [0.25, 0.3) is 0 Å². The second-order valence-corrected chi connectivity index (χ2v) is 6.37. The van der Waals surface area contributed by atoms with Crippen LogP contribution in [-0.4, -0.2) is 4.92 Å². The van der Waals surface area contributed by atoms with Gasteiger partial charge in [-0.3, -0.25) is 10.1 Å². The number of nitro groups is 1. The normalized spacial score (nSPS) is 24.7. The molecule has 0 radical (unpaired) electrons. The van der Waals surface area contributed by atoms with Crippen molar-refractivity contribution >= 4 is 11.4 Å². The Bertz CT molecular complexity index is 799. The quantitative estimate of drug-likeness (QED) is 0.496. The van der Waals surface area contributed by atoms with Crippen molar-refractivity contribution in [2.75, 3.05) is 5.32 Å². The molecule has 0 saturated carbocycles. The molecule has 0 bridgehead atoms. The Kier molecular flexibility index (Phi) is 3.18. The van der Waals surface area contributed by atoms with E-state index in [1.807, 2.05) is 13.0 Å². The summed E-state index contributed by atoms with van der Waals surface area (Å²) in [6, 6.07) is 14.1. The van der Waals surface area contributed by atoms with Gasteiger partial charge in [-0.05, 0) is 36.0 Å². The number of benzene rings is 2. The number of hydrogen-bond donors (Lipinski definition) is 1. The molecular weight excluding hydrogens is 288 g/mol. The molecule has 2 aliphatic rings. The molecule has 0 amide bonds. The minimum absolute atomic E-state index is 0.181. The van der Waals surface area contributed by atoms with Crippen molar-refractivity contribution in [1.82, 2.24) is 0 Å². The average Bonchev–Trinajstić information content (AvgIpc) is 3.04. The number of allylic oxidation sites excluding steroid dienone is 2. The molecule has 2 aromatic rings. The third kappa shape index (κ3) is 2.22. The van der Waals surface area contributed by atoms with Gasteiger partial charge in [-0.2, -0.15) is 0 Å². The third-order valence-electron chi connectivity index (χ3n) is 5.02. The average molecular weight is 306 g/mol. The predicted octanol–water partition coefficient (Wildman–Crippen LogP) is 4.73. The molecule has 0 saturated heterocycles. The van der Waals surface area contributed by atoms with Crippen LogP contribution in [0.4, 0.5) is 11.4 Å². The summed E-state index contributed by atoms with van der Waals surface area (Å²) in [5.41, 5.74) is 4.50. The van der Waals surface area contributed by atoms with Crippen LogP contribution in [0.15, 0.2) is 54.6 Å². The highest BCUT2D eigenvalue weighted by atomic mass is 16.6. The van der Waals surface area contributed by atoms with Gasteiger partial charge in [0.05, 0.1) is 11.0 Å². The van der Waals surface area contributed by atoms with Crippen LogP contribution in [0.1, 0.15) is 35.1 Å². The van der Waals surface area contributed by atoms with Gasteiger partial charge in [-0.25, -0.2) is 0 Å². The molecule has 4 heteroatoms. The standard InChI is InChI=1S/C19H18N2O2/c1-12-10-14(21(22)23)11-17-15-8-5-9-16(15)19(20-18(12)17)13-6-3-2-4-7-13/h2-8,10-11,15-16,19-20H,9H2,1H3/t15-,16-,19+/m0/s1. The molecule has 116 valence electrons. The Morgan fingerprint density at radius 1 is 1.22 bits per heavy atom. The van der Waals surface area contributed by atoms with E-state index in [-0.39, 0.29) is 22.6 Å². The molecule has 4 nitrogen and oxygen atoms in total. The fourth-order valence-corrected chi connectivity index (χ4v) is 3.96. The van der Waals surface area contributed by atoms with Crippen LogP contribution in [0.2, 0.25) is 0 Å². The summed E-state index contributed by atoms with van der Waals surface area (Å²) in [5.74, 6) is 0.654. The summed E-state index contributed by atoms with van der Waals surface area (Å²) in [4.78, 5) is 10.9. The Balaban J connectivity index is 1.84. The van der Waals surface area contributed by atoms with Crippen molar-refractivity contribution in [2.24, 2.45) is 5.92 Å². The number of nitro benzene ring substituents is 1. The van der Waals surface area contributed by atoms with E-state index in [0.29, 0.717) is 5.92 Å². The van der Waals surface area contributed by atoms with Gasteiger partial charge >= 0.3 is 0 Å². The smallest absolute Gasteiger partial charge is 0.270 e. The number of nitrogens with zero attached hydrogens (tertiary/aromatic N) is 1. The van der Waals surface area contributed by atoms with E-state index in [0.717, 1.165) is 23.2 Å². The zero-order valence-electron chi connectivity index (χ0n) is 12.9. The molecule has 0 aromatic heterocycles. The number of anilines is 1. The van der Waals surface area contributed by atoms with Gasteiger partial charge in [-0.15, -0.1) is 0 Å². The summed E-state index contributed by atoms with van der Waals surface area (Å²) in [5, 5.41) is 14.8. The van der Waals surface area contributed by atoms with Gasteiger partial charge < -0.3 is 5.32 Å². The Morgan fingerprint density at radius 3 is 2.74 bits per heavy atom. The molecule has 1 aliphatic carbocycles. The first-order chi connectivity index (χ1) is 11.1. The highest BCUT2D eigenvalue weighted by Crippen LogP contribution is 2.51. The van der Waals surface area contributed by atoms with Gasteiger partial charge in [0, 0.05) is 23.7 Å². The summed E-state index contributed by atoms with van der Waals surface area (Å²) in [6.07, 6.45) is 5.41. The minimum Gasteiger partial charge on any atom is -0.377 e. The van der Waals surface area contributed by atoms with Crippen LogP contribution in [0.5, 0.6) is 0 Å². The van der Waals surface area contributed by atoms with Crippen molar-refractivity contribution in [3.05, 3.63) is 81.4 Å². The van der Waals surface area contributed by atoms with Crippen LogP contribution < -0.4 is 5.32 Å². The van der Waals surface area contributed by atoms with E-state index in [4.69, 9.17) is 0 Å². The Labute approximate surface area is 135 Å². The van der Waals surface area contributed by atoms with Crippen molar-refractivity contribution in [1.29, 1.82) is 0 Å². The fraction of sp³-hybridized carbons (Fsp3) is 0.263. The molecule has 1 N–H and O–H groups in total. The molecule has 2 aromatic carbocycles. The second kappa shape index (κ2) is 5.23. The molecule has 0 fully saturated rings. The topological polar surface area (TPSA) is 55.2 Å². The van der Waals surface area contributed by atoms with E-state index < -0.39 is 0 Å². The first kappa shape index (κ1) is 14.0. The minimum atomic E-state index is -0.301. The zero-order valence-corrected chi connectivity index (χ0v) is 12.9. The summed E-state index contributed by atoms with van der Waals surface area (Å²) >= 11 is 0. The van der Waals surface area contributed by atoms with Crippen molar-refractivity contribution < 1.29 is 4.92 Å². The number of fused-ring (bicyclic) bond motifs is 3. The highest BCUT2D eigenvalue weighted by molar-refractivity contribution is 5.67. The van der Waals surface area contributed by atoms with Gasteiger partial charge in [-0.1, -0.05) is 42.5 Å². The van der Waals surface area contributed by atoms with E-state index in [1.165, 1.54) is 5.56 Å². The number of non-ortho nitro benzene ring substituents is 1. The molecule has 1 heterocycles. The first-order valence-electron chi connectivity index (χ1n) is 7.92. The SMILES string of the molecule is Cc1cc([N+](=O)[O-])cc2c1N[C@H](c1ccccc1)[C@H]1CC=C[C@H]21. The van der Waals surface area contributed by atoms with Gasteiger partial charge in [0.25, 0.3) is 5.69 Å². The largest absolute Gasteiger partial charge is 0.377 e. The maximum Gasteiger partial charge on any atom is 0.270 e. The maximum absolute atomic E-state index is 11.2. The summed E-state index contributed by atoms with van der Waals surface area (Å²) in [7, 11) is 0. The molecule has 0 spiro atoms. The lowest BCUT2D eigenvalue weighted by molar-refractivity contribution is -0.385. The molecule has 1 aliphatic heterocycles. The molecule has 4 rings (SSSR count). The predicted molar refractivity (Wildman–Crippen MR) is 90.6 cm³/mol. The first-order valence-corrected chi connectivity index (χ1v) is 7.92. The molecular formula is C19H18N2O2. The summed E-state index contributed by atoms with van der Waals surface area (Å²) in [6.45, 7) is 1.94. The lowest BCUT2D eigenvalue weighted by Crippen LogP contribution is -2.29. The lowest BCUT2D eigenvalue weighted by atomic mass is 9.76. The maximum atomic E-state index is 11.2. The van der Waals surface area contributed by atoms with Crippen molar-refractivity contribution in [3.8, 4) is 0 Å². The van der Waals surface area contributed by atoms with E-state index in [2.05, 4.69) is 41.7 Å². The number of rotatable bonds is 2. The monoisotopic (exact) mass is 306 g/mol.